The molecule has 1 unspecified atom stereocenters. The Balaban J connectivity index is 3.01. The number of hydrogen-bond acceptors (Lipinski definition) is 4. The topological polar surface area (TPSA) is 87.5 Å². The fourth-order valence-electron chi connectivity index (χ4n) is 2.29. The van der Waals surface area contributed by atoms with Crippen LogP contribution in [0.3, 0.4) is 0 Å². The minimum atomic E-state index is -0.695. The van der Waals surface area contributed by atoms with Gasteiger partial charge in [0.25, 0.3) is 5.91 Å². The van der Waals surface area contributed by atoms with Crippen LogP contribution < -0.4 is 16.6 Å². The predicted octanol–water partition coefficient (Wildman–Crippen LogP) is -0.789. The van der Waals surface area contributed by atoms with E-state index in [1.165, 1.54) is 0 Å². The van der Waals surface area contributed by atoms with E-state index >= 15 is 0 Å². The lowest BCUT2D eigenvalue weighted by Crippen LogP contribution is -2.68. The smallest absolute Gasteiger partial charge is 0.251 e. The highest BCUT2D eigenvalue weighted by molar-refractivity contribution is 5.88. The number of carbonyl (C=O) groups excluding carboxylic acids is 2. The monoisotopic (exact) mass is 242 g/mol. The number of rotatable bonds is 3. The molecule has 0 saturated carbocycles. The second-order valence-electron chi connectivity index (χ2n) is 5.21. The maximum Gasteiger partial charge on any atom is 0.251 e. The van der Waals surface area contributed by atoms with E-state index < -0.39 is 5.54 Å². The van der Waals surface area contributed by atoms with Gasteiger partial charge >= 0.3 is 0 Å². The number of hydrogen-bond donors (Lipinski definition) is 3. The van der Waals surface area contributed by atoms with Crippen LogP contribution in [0.25, 0.3) is 0 Å². The molecule has 1 saturated heterocycles. The van der Waals surface area contributed by atoms with Gasteiger partial charge in [-0.05, 0) is 19.8 Å². The third-order valence-electron chi connectivity index (χ3n) is 3.29. The Labute approximate surface area is 102 Å². The van der Waals surface area contributed by atoms with Crippen LogP contribution in [0.5, 0.6) is 0 Å². The van der Waals surface area contributed by atoms with E-state index in [-0.39, 0.29) is 23.8 Å². The SMILES string of the molecule is CC(C)C(C(=O)NN)N1CCNC(=O)C1(C)C. The number of amides is 2. The van der Waals surface area contributed by atoms with Crippen molar-refractivity contribution in [2.75, 3.05) is 13.1 Å². The summed E-state index contributed by atoms with van der Waals surface area (Å²) in [6, 6.07) is -0.388. The highest BCUT2D eigenvalue weighted by atomic mass is 16.2. The maximum absolute atomic E-state index is 11.8. The van der Waals surface area contributed by atoms with Gasteiger partial charge < -0.3 is 5.32 Å². The van der Waals surface area contributed by atoms with Crippen LogP contribution in [0.2, 0.25) is 0 Å². The second kappa shape index (κ2) is 5.01. The fourth-order valence-corrected chi connectivity index (χ4v) is 2.29. The number of hydrazine groups is 1. The largest absolute Gasteiger partial charge is 0.353 e. The first-order valence-electron chi connectivity index (χ1n) is 5.88. The first-order chi connectivity index (χ1) is 7.82. The molecule has 1 aliphatic heterocycles. The summed E-state index contributed by atoms with van der Waals surface area (Å²) >= 11 is 0. The van der Waals surface area contributed by atoms with Gasteiger partial charge in [0.1, 0.15) is 0 Å². The number of nitrogens with two attached hydrogens (primary N) is 1. The van der Waals surface area contributed by atoms with Gasteiger partial charge in [-0.3, -0.25) is 19.9 Å². The minimum Gasteiger partial charge on any atom is -0.353 e. The molecule has 1 heterocycles. The Hall–Kier alpha value is -1.14. The molecule has 0 aromatic carbocycles. The minimum absolute atomic E-state index is 0.0563. The highest BCUT2D eigenvalue weighted by Crippen LogP contribution is 2.24. The highest BCUT2D eigenvalue weighted by Gasteiger charge is 2.44. The molecule has 0 spiro atoms. The van der Waals surface area contributed by atoms with Crippen molar-refractivity contribution in [1.29, 1.82) is 0 Å². The van der Waals surface area contributed by atoms with Gasteiger partial charge in [-0.15, -0.1) is 0 Å². The quantitative estimate of drug-likeness (QED) is 0.344. The van der Waals surface area contributed by atoms with Crippen molar-refractivity contribution in [1.82, 2.24) is 15.6 Å². The van der Waals surface area contributed by atoms with Crippen LogP contribution >= 0.6 is 0 Å². The van der Waals surface area contributed by atoms with Gasteiger partial charge in [-0.25, -0.2) is 5.84 Å². The summed E-state index contributed by atoms with van der Waals surface area (Å²) in [7, 11) is 0. The second-order valence-corrected chi connectivity index (χ2v) is 5.21. The lowest BCUT2D eigenvalue weighted by Gasteiger charge is -2.46. The molecule has 2 amide bonds. The van der Waals surface area contributed by atoms with Crippen LogP contribution in [0, 0.1) is 5.92 Å². The summed E-state index contributed by atoms with van der Waals surface area (Å²) in [5, 5.41) is 2.81. The Kier molecular flexibility index (Phi) is 4.11. The third kappa shape index (κ3) is 2.58. The van der Waals surface area contributed by atoms with Crippen molar-refractivity contribution in [2.24, 2.45) is 11.8 Å². The molecule has 0 aromatic heterocycles. The van der Waals surface area contributed by atoms with Gasteiger partial charge in [0.2, 0.25) is 5.91 Å². The van der Waals surface area contributed by atoms with Crippen LogP contribution in [-0.2, 0) is 9.59 Å². The van der Waals surface area contributed by atoms with Crippen molar-refractivity contribution in [3.63, 3.8) is 0 Å². The first-order valence-corrected chi connectivity index (χ1v) is 5.88. The Bertz CT molecular complexity index is 315. The van der Waals surface area contributed by atoms with E-state index in [2.05, 4.69) is 10.7 Å². The Morgan fingerprint density at radius 1 is 1.53 bits per heavy atom. The summed E-state index contributed by atoms with van der Waals surface area (Å²) in [6.45, 7) is 8.74. The lowest BCUT2D eigenvalue weighted by atomic mass is 9.91. The zero-order chi connectivity index (χ0) is 13.2. The van der Waals surface area contributed by atoms with E-state index in [9.17, 15) is 9.59 Å². The number of nitrogens with one attached hydrogen (secondary N) is 2. The number of piperazine rings is 1. The molecular formula is C11H22N4O2. The molecule has 1 aliphatic rings. The van der Waals surface area contributed by atoms with E-state index in [4.69, 9.17) is 5.84 Å². The molecule has 1 rings (SSSR count). The van der Waals surface area contributed by atoms with E-state index in [0.717, 1.165) is 0 Å². The molecule has 0 bridgehead atoms. The molecule has 0 aliphatic carbocycles. The van der Waals surface area contributed by atoms with Crippen molar-refractivity contribution >= 4 is 11.8 Å². The van der Waals surface area contributed by atoms with E-state index in [1.54, 1.807) is 0 Å². The maximum atomic E-state index is 11.8. The van der Waals surface area contributed by atoms with Gasteiger partial charge in [0.15, 0.2) is 0 Å². The molecule has 0 aromatic rings. The van der Waals surface area contributed by atoms with Gasteiger partial charge in [-0.2, -0.15) is 0 Å². The molecule has 1 atom stereocenters. The molecule has 98 valence electrons. The van der Waals surface area contributed by atoms with Crippen molar-refractivity contribution < 1.29 is 9.59 Å². The average Bonchev–Trinajstić information content (AvgIpc) is 2.24. The molecule has 1 fully saturated rings. The zero-order valence-electron chi connectivity index (χ0n) is 10.9. The summed E-state index contributed by atoms with van der Waals surface area (Å²) in [5.41, 5.74) is 1.49. The molecule has 0 radical (unpaired) electrons. The molecule has 6 heteroatoms. The van der Waals surface area contributed by atoms with Crippen molar-refractivity contribution in [3.05, 3.63) is 0 Å². The average molecular weight is 242 g/mol. The summed E-state index contributed by atoms with van der Waals surface area (Å²) in [5.74, 6) is 5.00. The van der Waals surface area contributed by atoms with Crippen molar-refractivity contribution in [3.8, 4) is 0 Å². The molecule has 17 heavy (non-hydrogen) atoms. The normalized spacial score (nSPS) is 22.1. The fraction of sp³-hybridized carbons (Fsp3) is 0.818. The van der Waals surface area contributed by atoms with Gasteiger partial charge in [0.05, 0.1) is 11.6 Å². The Morgan fingerprint density at radius 3 is 2.59 bits per heavy atom. The third-order valence-corrected chi connectivity index (χ3v) is 3.29. The van der Waals surface area contributed by atoms with Crippen LogP contribution in [0.1, 0.15) is 27.7 Å². The summed E-state index contributed by atoms with van der Waals surface area (Å²) in [4.78, 5) is 25.6. The zero-order valence-corrected chi connectivity index (χ0v) is 10.9. The number of nitrogens with zero attached hydrogens (tertiary/aromatic N) is 1. The summed E-state index contributed by atoms with van der Waals surface area (Å²) < 4.78 is 0. The van der Waals surface area contributed by atoms with Gasteiger partial charge in [-0.1, -0.05) is 13.8 Å². The summed E-state index contributed by atoms with van der Waals surface area (Å²) in [6.07, 6.45) is 0. The predicted molar refractivity (Wildman–Crippen MR) is 64.8 cm³/mol. The van der Waals surface area contributed by atoms with Gasteiger partial charge in [0, 0.05) is 13.1 Å². The van der Waals surface area contributed by atoms with Crippen molar-refractivity contribution in [2.45, 2.75) is 39.3 Å². The molecular weight excluding hydrogens is 220 g/mol. The first kappa shape index (κ1) is 13.9. The van der Waals surface area contributed by atoms with Crippen LogP contribution in [0.4, 0.5) is 0 Å². The molecule has 4 N–H and O–H groups in total. The Morgan fingerprint density at radius 2 is 2.12 bits per heavy atom. The van der Waals surface area contributed by atoms with E-state index in [1.807, 2.05) is 32.6 Å². The standard InChI is InChI=1S/C11H22N4O2/c1-7(2)8(9(16)14-12)15-6-5-13-10(17)11(15,3)4/h7-8H,5-6,12H2,1-4H3,(H,13,17)(H,14,16). The van der Waals surface area contributed by atoms with Crippen LogP contribution in [-0.4, -0.2) is 41.4 Å². The number of carbonyl (C=O) groups is 2. The van der Waals surface area contributed by atoms with Crippen LogP contribution in [0.15, 0.2) is 0 Å². The van der Waals surface area contributed by atoms with E-state index in [0.29, 0.717) is 13.1 Å². The lowest BCUT2D eigenvalue weighted by molar-refractivity contribution is -0.143. The molecule has 6 nitrogen and oxygen atoms in total.